The van der Waals surface area contributed by atoms with Gasteiger partial charge in [-0.15, -0.1) is 0 Å². The van der Waals surface area contributed by atoms with Crippen LogP contribution < -0.4 is 14.2 Å². The van der Waals surface area contributed by atoms with Crippen molar-refractivity contribution >= 4 is 11.9 Å². The van der Waals surface area contributed by atoms with Gasteiger partial charge in [0.2, 0.25) is 0 Å². The van der Waals surface area contributed by atoms with Crippen molar-refractivity contribution in [2.45, 2.75) is 18.9 Å². The zero-order valence-electron chi connectivity index (χ0n) is 16.6. The van der Waals surface area contributed by atoms with Crippen LogP contribution in [0.25, 0.3) is 0 Å². The monoisotopic (exact) mass is 401 g/mol. The molecule has 8 heteroatoms. The lowest BCUT2D eigenvalue weighted by Crippen LogP contribution is -2.42. The average Bonchev–Trinajstić information content (AvgIpc) is 2.71. The van der Waals surface area contributed by atoms with Crippen LogP contribution in [0.5, 0.6) is 23.0 Å². The number of carboxylic acids is 1. The molecular weight excluding hydrogens is 378 g/mol. The first-order valence-corrected chi connectivity index (χ1v) is 9.05. The first-order valence-electron chi connectivity index (χ1n) is 9.05. The van der Waals surface area contributed by atoms with Crippen LogP contribution in [0.1, 0.15) is 40.4 Å². The number of aromatic hydroxyl groups is 1. The van der Waals surface area contributed by atoms with Crippen molar-refractivity contribution in [3.05, 3.63) is 47.0 Å². The van der Waals surface area contributed by atoms with Gasteiger partial charge in [-0.2, -0.15) is 0 Å². The van der Waals surface area contributed by atoms with E-state index in [0.29, 0.717) is 29.2 Å². The number of nitrogens with zero attached hydrogens (tertiary/aromatic N) is 1. The summed E-state index contributed by atoms with van der Waals surface area (Å²) in [6.45, 7) is 2.11. The largest absolute Gasteiger partial charge is 0.504 e. The Kier molecular flexibility index (Phi) is 5.54. The summed E-state index contributed by atoms with van der Waals surface area (Å²) in [5, 5.41) is 20.0. The van der Waals surface area contributed by atoms with Gasteiger partial charge in [0.15, 0.2) is 23.0 Å². The molecule has 0 radical (unpaired) electrons. The number of benzene rings is 2. The molecule has 2 atom stereocenters. The van der Waals surface area contributed by atoms with Crippen molar-refractivity contribution in [3.8, 4) is 23.0 Å². The Morgan fingerprint density at radius 3 is 2.34 bits per heavy atom. The molecule has 2 aromatic carbocycles. The van der Waals surface area contributed by atoms with Gasteiger partial charge in [0.1, 0.15) is 5.92 Å². The maximum Gasteiger partial charge on any atom is 0.313 e. The van der Waals surface area contributed by atoms with E-state index >= 15 is 0 Å². The fourth-order valence-electron chi connectivity index (χ4n) is 3.72. The summed E-state index contributed by atoms with van der Waals surface area (Å²) in [4.78, 5) is 26.7. The smallest absolute Gasteiger partial charge is 0.313 e. The molecule has 1 aliphatic rings. The van der Waals surface area contributed by atoms with E-state index in [4.69, 9.17) is 14.2 Å². The van der Waals surface area contributed by atoms with Gasteiger partial charge in [0.05, 0.1) is 26.9 Å². The van der Waals surface area contributed by atoms with Crippen LogP contribution in [0.15, 0.2) is 30.3 Å². The molecule has 29 heavy (non-hydrogen) atoms. The molecule has 1 amide bonds. The molecule has 0 spiro atoms. The summed E-state index contributed by atoms with van der Waals surface area (Å²) in [5.74, 6) is -1.62. The number of carboxylic acid groups (broad SMARTS) is 1. The van der Waals surface area contributed by atoms with Crippen LogP contribution in [0.4, 0.5) is 0 Å². The van der Waals surface area contributed by atoms with Gasteiger partial charge in [-0.1, -0.05) is 6.07 Å². The highest BCUT2D eigenvalue weighted by Crippen LogP contribution is 2.46. The summed E-state index contributed by atoms with van der Waals surface area (Å²) in [6, 6.07) is 6.83. The SMILES string of the molecule is CCOc1cc([C@H]2[C@H](C(=O)O)c3cc(OC)c(OC)cc3C(=O)N2C)ccc1O. The van der Waals surface area contributed by atoms with Gasteiger partial charge in [-0.3, -0.25) is 9.59 Å². The second-order valence-corrected chi connectivity index (χ2v) is 6.63. The average molecular weight is 401 g/mol. The van der Waals surface area contributed by atoms with Crippen molar-refractivity contribution in [1.82, 2.24) is 4.90 Å². The summed E-state index contributed by atoms with van der Waals surface area (Å²) < 4.78 is 16.0. The van der Waals surface area contributed by atoms with Gasteiger partial charge >= 0.3 is 5.97 Å². The third-order valence-corrected chi connectivity index (χ3v) is 5.07. The Hall–Kier alpha value is -3.42. The standard InChI is InChI=1S/C21H23NO7/c1-5-29-15-8-11(6-7-14(15)23)19-18(21(25)26)12-9-16(27-3)17(28-4)10-13(12)20(24)22(19)2/h6-10,18-19,23H,5H2,1-4H3,(H,25,26)/t18-,19+/m1/s1. The van der Waals surface area contributed by atoms with Crippen molar-refractivity contribution < 1.29 is 34.0 Å². The van der Waals surface area contributed by atoms with Crippen LogP contribution in [0.3, 0.4) is 0 Å². The van der Waals surface area contributed by atoms with Gasteiger partial charge < -0.3 is 29.3 Å². The molecule has 0 saturated carbocycles. The second-order valence-electron chi connectivity index (χ2n) is 6.63. The number of fused-ring (bicyclic) bond motifs is 1. The molecule has 3 rings (SSSR count). The van der Waals surface area contributed by atoms with Crippen LogP contribution in [0.2, 0.25) is 0 Å². The van der Waals surface area contributed by atoms with Crippen LogP contribution >= 0.6 is 0 Å². The van der Waals surface area contributed by atoms with Crippen LogP contribution in [-0.2, 0) is 4.79 Å². The molecule has 2 aromatic rings. The van der Waals surface area contributed by atoms with Gasteiger partial charge in [-0.25, -0.2) is 0 Å². The summed E-state index contributed by atoms with van der Waals surface area (Å²) in [6.07, 6.45) is 0. The maximum atomic E-state index is 13.1. The highest BCUT2D eigenvalue weighted by Gasteiger charge is 2.44. The van der Waals surface area contributed by atoms with Crippen LogP contribution in [-0.4, -0.2) is 54.9 Å². The van der Waals surface area contributed by atoms with Gasteiger partial charge in [-0.05, 0) is 42.3 Å². The highest BCUT2D eigenvalue weighted by molar-refractivity contribution is 6.01. The number of amides is 1. The van der Waals surface area contributed by atoms with E-state index in [9.17, 15) is 19.8 Å². The molecule has 0 aliphatic carbocycles. The minimum Gasteiger partial charge on any atom is -0.504 e. The molecule has 0 fully saturated rings. The Labute approximate surface area is 168 Å². The highest BCUT2D eigenvalue weighted by atomic mass is 16.5. The van der Waals surface area contributed by atoms with Gasteiger partial charge in [0, 0.05) is 12.6 Å². The number of ether oxygens (including phenoxy) is 3. The van der Waals surface area contributed by atoms with Crippen molar-refractivity contribution in [1.29, 1.82) is 0 Å². The first kappa shape index (κ1) is 20.3. The fourth-order valence-corrected chi connectivity index (χ4v) is 3.72. The summed E-state index contributed by atoms with van der Waals surface area (Å²) in [5.41, 5.74) is 1.13. The van der Waals surface area contributed by atoms with E-state index in [-0.39, 0.29) is 23.0 Å². The number of rotatable bonds is 6. The number of likely N-dealkylation sites (N-methyl/N-ethyl adjacent to an activating group) is 1. The Morgan fingerprint density at radius 2 is 1.76 bits per heavy atom. The predicted octanol–water partition coefficient (Wildman–Crippen LogP) is 2.80. The van der Waals surface area contributed by atoms with E-state index in [1.807, 2.05) is 0 Å². The maximum absolute atomic E-state index is 13.1. The van der Waals surface area contributed by atoms with E-state index in [0.717, 1.165) is 0 Å². The number of phenolic OH excluding ortho intramolecular Hbond substituents is 1. The van der Waals surface area contributed by atoms with E-state index in [1.165, 1.54) is 37.3 Å². The molecule has 1 heterocycles. The Balaban J connectivity index is 2.21. The number of aliphatic carboxylic acids is 1. The van der Waals surface area contributed by atoms with Gasteiger partial charge in [0.25, 0.3) is 5.91 Å². The van der Waals surface area contributed by atoms with Crippen LogP contribution in [0, 0.1) is 0 Å². The molecule has 1 aliphatic heterocycles. The van der Waals surface area contributed by atoms with Crippen molar-refractivity contribution in [2.75, 3.05) is 27.9 Å². The van der Waals surface area contributed by atoms with E-state index in [2.05, 4.69) is 0 Å². The third kappa shape index (κ3) is 3.41. The number of carbonyl (C=O) groups is 2. The lowest BCUT2D eigenvalue weighted by molar-refractivity contribution is -0.140. The predicted molar refractivity (Wildman–Crippen MR) is 104 cm³/mol. The molecule has 2 N–H and O–H groups in total. The molecule has 8 nitrogen and oxygen atoms in total. The van der Waals surface area contributed by atoms with Crippen molar-refractivity contribution in [3.63, 3.8) is 0 Å². The van der Waals surface area contributed by atoms with E-state index in [1.54, 1.807) is 26.1 Å². The molecule has 0 aromatic heterocycles. The Bertz CT molecular complexity index is 956. The molecular formula is C21H23NO7. The Morgan fingerprint density at radius 1 is 1.10 bits per heavy atom. The molecule has 154 valence electrons. The topological polar surface area (TPSA) is 106 Å². The second kappa shape index (κ2) is 7.90. The number of methoxy groups -OCH3 is 2. The van der Waals surface area contributed by atoms with E-state index < -0.39 is 17.9 Å². The first-order chi connectivity index (χ1) is 13.8. The number of phenols is 1. The zero-order chi connectivity index (χ0) is 21.3. The molecule has 0 saturated heterocycles. The molecule has 0 bridgehead atoms. The fraction of sp³-hybridized carbons (Fsp3) is 0.333. The normalized spacial score (nSPS) is 18.2. The summed E-state index contributed by atoms with van der Waals surface area (Å²) >= 11 is 0. The number of hydrogen-bond donors (Lipinski definition) is 2. The third-order valence-electron chi connectivity index (χ3n) is 5.07. The zero-order valence-corrected chi connectivity index (χ0v) is 16.6. The minimum atomic E-state index is -1.09. The summed E-state index contributed by atoms with van der Waals surface area (Å²) in [7, 11) is 4.45. The lowest BCUT2D eigenvalue weighted by atomic mass is 9.79. The number of hydrogen-bond acceptors (Lipinski definition) is 6. The quantitative estimate of drug-likeness (QED) is 0.767. The van der Waals surface area contributed by atoms with Crippen molar-refractivity contribution in [2.24, 2.45) is 0 Å². The molecule has 0 unspecified atom stereocenters. The lowest BCUT2D eigenvalue weighted by Gasteiger charge is -2.39. The minimum absolute atomic E-state index is 0.0564. The number of carbonyl (C=O) groups excluding carboxylic acids is 1.